The lowest BCUT2D eigenvalue weighted by atomic mass is 10.0. The molecule has 98 valence electrons. The molecule has 3 heteroatoms. The van der Waals surface area contributed by atoms with Gasteiger partial charge < -0.3 is 10.5 Å². The number of carbonyl (C=O) groups excluding carboxylic acids is 1. The van der Waals surface area contributed by atoms with E-state index < -0.39 is 0 Å². The van der Waals surface area contributed by atoms with Gasteiger partial charge in [-0.05, 0) is 49.7 Å². The van der Waals surface area contributed by atoms with Gasteiger partial charge >= 0.3 is 0 Å². The zero-order valence-corrected chi connectivity index (χ0v) is 11.1. The van der Waals surface area contributed by atoms with Crippen LogP contribution in [0, 0.1) is 6.92 Å². The van der Waals surface area contributed by atoms with E-state index in [1.54, 1.807) is 24.3 Å². The molecule has 0 bridgehead atoms. The Morgan fingerprint density at radius 2 is 1.89 bits per heavy atom. The Labute approximate surface area is 113 Å². The Kier molecular flexibility index (Phi) is 3.85. The molecule has 2 aromatic rings. The van der Waals surface area contributed by atoms with Crippen molar-refractivity contribution in [1.82, 2.24) is 0 Å². The van der Waals surface area contributed by atoms with Gasteiger partial charge in [0.15, 0.2) is 5.78 Å². The minimum atomic E-state index is -0.0235. The van der Waals surface area contributed by atoms with E-state index in [0.717, 1.165) is 5.56 Å². The molecule has 0 aliphatic carbocycles. The van der Waals surface area contributed by atoms with E-state index in [-0.39, 0.29) is 5.78 Å². The van der Waals surface area contributed by atoms with Gasteiger partial charge in [0.2, 0.25) is 0 Å². The van der Waals surface area contributed by atoms with Crippen molar-refractivity contribution in [1.29, 1.82) is 0 Å². The van der Waals surface area contributed by atoms with Gasteiger partial charge in [-0.25, -0.2) is 0 Å². The molecule has 0 amide bonds. The predicted octanol–water partition coefficient (Wildman–Crippen LogP) is 3.21. The molecule has 0 aliphatic heterocycles. The smallest absolute Gasteiger partial charge is 0.193 e. The van der Waals surface area contributed by atoms with Crippen LogP contribution in [-0.4, -0.2) is 12.4 Å². The number of rotatable bonds is 4. The van der Waals surface area contributed by atoms with Crippen molar-refractivity contribution in [3.05, 3.63) is 59.2 Å². The summed E-state index contributed by atoms with van der Waals surface area (Å²) < 4.78 is 5.40. The van der Waals surface area contributed by atoms with Crippen LogP contribution in [-0.2, 0) is 0 Å². The third-order valence-electron chi connectivity index (χ3n) is 2.94. The van der Waals surface area contributed by atoms with Crippen molar-refractivity contribution in [2.75, 3.05) is 12.3 Å². The van der Waals surface area contributed by atoms with Crippen molar-refractivity contribution in [3.8, 4) is 5.75 Å². The van der Waals surface area contributed by atoms with E-state index in [0.29, 0.717) is 29.2 Å². The van der Waals surface area contributed by atoms with E-state index in [1.807, 2.05) is 32.0 Å². The quantitative estimate of drug-likeness (QED) is 0.674. The molecule has 0 heterocycles. The van der Waals surface area contributed by atoms with E-state index in [2.05, 4.69) is 0 Å². The van der Waals surface area contributed by atoms with Crippen LogP contribution < -0.4 is 10.5 Å². The summed E-state index contributed by atoms with van der Waals surface area (Å²) in [6, 6.07) is 12.5. The topological polar surface area (TPSA) is 52.3 Å². The molecule has 2 N–H and O–H groups in total. The summed E-state index contributed by atoms with van der Waals surface area (Å²) in [4.78, 5) is 12.4. The van der Waals surface area contributed by atoms with Gasteiger partial charge in [0.25, 0.3) is 0 Å². The van der Waals surface area contributed by atoms with Gasteiger partial charge in [0, 0.05) is 16.8 Å². The maximum Gasteiger partial charge on any atom is 0.193 e. The monoisotopic (exact) mass is 255 g/mol. The van der Waals surface area contributed by atoms with Crippen LogP contribution >= 0.6 is 0 Å². The molecule has 0 saturated carbocycles. The van der Waals surface area contributed by atoms with Gasteiger partial charge in [0.1, 0.15) is 5.75 Å². The fourth-order valence-electron chi connectivity index (χ4n) is 1.88. The first kappa shape index (κ1) is 13.1. The summed E-state index contributed by atoms with van der Waals surface area (Å²) >= 11 is 0. The number of ketones is 1. The van der Waals surface area contributed by atoms with E-state index >= 15 is 0 Å². The molecule has 0 fully saturated rings. The van der Waals surface area contributed by atoms with E-state index in [9.17, 15) is 4.79 Å². The van der Waals surface area contributed by atoms with Gasteiger partial charge in [-0.2, -0.15) is 0 Å². The van der Waals surface area contributed by atoms with Crippen molar-refractivity contribution in [2.24, 2.45) is 0 Å². The SMILES string of the molecule is CCOc1cccc(C(=O)c2ccc(N)c(C)c2)c1. The number of aryl methyl sites for hydroxylation is 1. The molecule has 0 aliphatic rings. The first-order valence-electron chi connectivity index (χ1n) is 6.25. The molecule has 0 unspecified atom stereocenters. The minimum absolute atomic E-state index is 0.0235. The second kappa shape index (κ2) is 5.57. The van der Waals surface area contributed by atoms with Gasteiger partial charge in [-0.1, -0.05) is 12.1 Å². The Bertz CT molecular complexity index is 605. The van der Waals surface area contributed by atoms with Crippen LogP contribution in [0.15, 0.2) is 42.5 Å². The highest BCUT2D eigenvalue weighted by Crippen LogP contribution is 2.19. The van der Waals surface area contributed by atoms with Crippen LogP contribution in [0.2, 0.25) is 0 Å². The average Bonchev–Trinajstić information content (AvgIpc) is 2.42. The summed E-state index contributed by atoms with van der Waals surface area (Å²) in [5, 5.41) is 0. The second-order valence-corrected chi connectivity index (χ2v) is 4.36. The number of benzene rings is 2. The van der Waals surface area contributed by atoms with Crippen LogP contribution in [0.4, 0.5) is 5.69 Å². The minimum Gasteiger partial charge on any atom is -0.494 e. The molecule has 0 aromatic heterocycles. The Morgan fingerprint density at radius 1 is 1.16 bits per heavy atom. The molecule has 0 spiro atoms. The second-order valence-electron chi connectivity index (χ2n) is 4.36. The number of nitrogens with two attached hydrogens (primary N) is 1. The largest absolute Gasteiger partial charge is 0.494 e. The predicted molar refractivity (Wildman–Crippen MR) is 76.6 cm³/mol. The van der Waals surface area contributed by atoms with Crippen molar-refractivity contribution in [3.63, 3.8) is 0 Å². The molecule has 3 nitrogen and oxygen atoms in total. The normalized spacial score (nSPS) is 10.2. The van der Waals surface area contributed by atoms with Crippen molar-refractivity contribution < 1.29 is 9.53 Å². The molecule has 0 saturated heterocycles. The van der Waals surface area contributed by atoms with Crippen LogP contribution in [0.3, 0.4) is 0 Å². The Hall–Kier alpha value is -2.29. The number of ether oxygens (including phenoxy) is 1. The third kappa shape index (κ3) is 2.94. The molecule has 0 atom stereocenters. The fourth-order valence-corrected chi connectivity index (χ4v) is 1.88. The summed E-state index contributed by atoms with van der Waals surface area (Å²) in [7, 11) is 0. The van der Waals surface area contributed by atoms with Crippen molar-refractivity contribution >= 4 is 11.5 Å². The number of carbonyl (C=O) groups is 1. The van der Waals surface area contributed by atoms with Gasteiger partial charge in [-0.3, -0.25) is 4.79 Å². The molecular formula is C16H17NO2. The summed E-state index contributed by atoms with van der Waals surface area (Å²) in [5.74, 6) is 0.685. The molecule has 19 heavy (non-hydrogen) atoms. The zero-order chi connectivity index (χ0) is 13.8. The van der Waals surface area contributed by atoms with Crippen LogP contribution in [0.5, 0.6) is 5.75 Å². The number of hydrogen-bond donors (Lipinski definition) is 1. The van der Waals surface area contributed by atoms with Crippen LogP contribution in [0.1, 0.15) is 28.4 Å². The van der Waals surface area contributed by atoms with Crippen molar-refractivity contribution in [2.45, 2.75) is 13.8 Å². The van der Waals surface area contributed by atoms with Gasteiger partial charge in [0.05, 0.1) is 6.61 Å². The highest BCUT2D eigenvalue weighted by molar-refractivity contribution is 6.09. The Morgan fingerprint density at radius 3 is 2.58 bits per heavy atom. The standard InChI is InChI=1S/C16H17NO2/c1-3-19-14-6-4-5-12(10-14)16(18)13-7-8-15(17)11(2)9-13/h4-10H,3,17H2,1-2H3. The highest BCUT2D eigenvalue weighted by Gasteiger charge is 2.10. The highest BCUT2D eigenvalue weighted by atomic mass is 16.5. The molecule has 2 aromatic carbocycles. The number of anilines is 1. The lowest BCUT2D eigenvalue weighted by molar-refractivity contribution is 0.103. The zero-order valence-electron chi connectivity index (χ0n) is 11.1. The molecule has 2 rings (SSSR count). The summed E-state index contributed by atoms with van der Waals surface area (Å²) in [6.45, 7) is 4.39. The first-order chi connectivity index (χ1) is 9.11. The van der Waals surface area contributed by atoms with E-state index in [1.165, 1.54) is 0 Å². The first-order valence-corrected chi connectivity index (χ1v) is 6.25. The Balaban J connectivity index is 2.32. The lowest BCUT2D eigenvalue weighted by Gasteiger charge is -2.07. The lowest BCUT2D eigenvalue weighted by Crippen LogP contribution is -2.03. The molecular weight excluding hydrogens is 238 g/mol. The molecule has 0 radical (unpaired) electrons. The van der Waals surface area contributed by atoms with Gasteiger partial charge in [-0.15, -0.1) is 0 Å². The average molecular weight is 255 g/mol. The van der Waals surface area contributed by atoms with Crippen LogP contribution in [0.25, 0.3) is 0 Å². The fraction of sp³-hybridized carbons (Fsp3) is 0.188. The maximum absolute atomic E-state index is 12.4. The number of nitrogen functional groups attached to an aromatic ring is 1. The maximum atomic E-state index is 12.4. The summed E-state index contributed by atoms with van der Waals surface area (Å²) in [5.41, 5.74) is 8.62. The number of hydrogen-bond acceptors (Lipinski definition) is 3. The van der Waals surface area contributed by atoms with E-state index in [4.69, 9.17) is 10.5 Å². The third-order valence-corrected chi connectivity index (χ3v) is 2.94. The summed E-state index contributed by atoms with van der Waals surface area (Å²) in [6.07, 6.45) is 0.